The van der Waals surface area contributed by atoms with Crippen LogP contribution >= 0.6 is 0 Å². The lowest BCUT2D eigenvalue weighted by molar-refractivity contribution is 0.0979. The fourth-order valence-corrected chi connectivity index (χ4v) is 1.72. The second-order valence-electron chi connectivity index (χ2n) is 4.17. The van der Waals surface area contributed by atoms with Crippen molar-refractivity contribution < 1.29 is 13.6 Å². The van der Waals surface area contributed by atoms with E-state index in [1.54, 1.807) is 32.0 Å². The number of ketones is 1. The van der Waals surface area contributed by atoms with Crippen molar-refractivity contribution in [3.05, 3.63) is 46.8 Å². The summed E-state index contributed by atoms with van der Waals surface area (Å²) in [6, 6.07) is 4.92. The molecular formula is C13H15NO3. The van der Waals surface area contributed by atoms with Gasteiger partial charge in [0.25, 0.3) is 5.78 Å². The maximum atomic E-state index is 12.2. The summed E-state index contributed by atoms with van der Waals surface area (Å²) in [5.41, 5.74) is 6.52. The highest BCUT2D eigenvalue weighted by Crippen LogP contribution is 2.24. The van der Waals surface area contributed by atoms with E-state index in [1.807, 2.05) is 6.92 Å². The van der Waals surface area contributed by atoms with Gasteiger partial charge in [-0.05, 0) is 39.0 Å². The van der Waals surface area contributed by atoms with Gasteiger partial charge in [0.05, 0.1) is 0 Å². The van der Waals surface area contributed by atoms with Crippen LogP contribution in [-0.4, -0.2) is 5.78 Å². The molecule has 2 N–H and O–H groups in total. The quantitative estimate of drug-likeness (QED) is 0.827. The largest absolute Gasteiger partial charge is 0.458 e. The SMILES string of the molecule is Cc1ccc(C(=O)c2oc(C)cc2C(C)N)o1. The molecule has 2 aromatic rings. The van der Waals surface area contributed by atoms with Crippen LogP contribution in [-0.2, 0) is 0 Å². The minimum Gasteiger partial charge on any atom is -0.458 e. The number of nitrogens with two attached hydrogens (primary N) is 1. The van der Waals surface area contributed by atoms with Crippen LogP contribution < -0.4 is 5.73 Å². The second kappa shape index (κ2) is 4.22. The molecule has 0 spiro atoms. The number of aryl methyl sites for hydroxylation is 2. The first-order valence-corrected chi connectivity index (χ1v) is 5.46. The fourth-order valence-electron chi connectivity index (χ4n) is 1.72. The van der Waals surface area contributed by atoms with Crippen molar-refractivity contribution in [3.63, 3.8) is 0 Å². The van der Waals surface area contributed by atoms with E-state index in [9.17, 15) is 4.79 Å². The maximum absolute atomic E-state index is 12.2. The summed E-state index contributed by atoms with van der Waals surface area (Å²) in [5, 5.41) is 0. The van der Waals surface area contributed by atoms with Gasteiger partial charge in [0.2, 0.25) is 0 Å². The first kappa shape index (κ1) is 11.7. The summed E-state index contributed by atoms with van der Waals surface area (Å²) in [7, 11) is 0. The molecule has 1 unspecified atom stereocenters. The van der Waals surface area contributed by atoms with Gasteiger partial charge in [-0.3, -0.25) is 4.79 Å². The highest BCUT2D eigenvalue weighted by atomic mass is 16.4. The molecule has 0 bridgehead atoms. The van der Waals surface area contributed by atoms with Crippen LogP contribution in [0.15, 0.2) is 27.0 Å². The molecule has 0 fully saturated rings. The standard InChI is InChI=1S/C13H15NO3/c1-7-4-5-11(16-7)12(15)13-10(9(3)14)6-8(2)17-13/h4-6,9H,14H2,1-3H3. The predicted octanol–water partition coefficient (Wildman–Crippen LogP) is 2.74. The molecule has 2 heterocycles. The van der Waals surface area contributed by atoms with Crippen molar-refractivity contribution in [2.75, 3.05) is 0 Å². The van der Waals surface area contributed by atoms with Crippen molar-refractivity contribution >= 4 is 5.78 Å². The summed E-state index contributed by atoms with van der Waals surface area (Å²) in [6.45, 7) is 5.39. The van der Waals surface area contributed by atoms with E-state index in [-0.39, 0.29) is 23.3 Å². The highest BCUT2D eigenvalue weighted by molar-refractivity contribution is 6.06. The molecule has 0 aliphatic heterocycles. The predicted molar refractivity (Wildman–Crippen MR) is 62.9 cm³/mol. The number of hydrogen-bond donors (Lipinski definition) is 1. The van der Waals surface area contributed by atoms with Crippen molar-refractivity contribution in [3.8, 4) is 0 Å². The third kappa shape index (κ3) is 2.17. The maximum Gasteiger partial charge on any atom is 0.263 e. The minimum absolute atomic E-state index is 0.248. The Morgan fingerprint density at radius 2 is 1.94 bits per heavy atom. The molecule has 90 valence electrons. The average molecular weight is 233 g/mol. The Bertz CT molecular complexity index is 549. The Labute approximate surface area is 99.4 Å². The smallest absolute Gasteiger partial charge is 0.263 e. The van der Waals surface area contributed by atoms with Gasteiger partial charge in [-0.15, -0.1) is 0 Å². The van der Waals surface area contributed by atoms with Gasteiger partial charge in [-0.2, -0.15) is 0 Å². The summed E-state index contributed by atoms with van der Waals surface area (Å²) >= 11 is 0. The van der Waals surface area contributed by atoms with Gasteiger partial charge in [0.1, 0.15) is 11.5 Å². The second-order valence-corrected chi connectivity index (χ2v) is 4.17. The molecule has 4 nitrogen and oxygen atoms in total. The Hall–Kier alpha value is -1.81. The third-order valence-corrected chi connectivity index (χ3v) is 2.54. The Morgan fingerprint density at radius 3 is 2.47 bits per heavy atom. The van der Waals surface area contributed by atoms with Crippen molar-refractivity contribution in [2.45, 2.75) is 26.8 Å². The average Bonchev–Trinajstić information content (AvgIpc) is 2.83. The van der Waals surface area contributed by atoms with Crippen molar-refractivity contribution in [1.82, 2.24) is 0 Å². The number of hydrogen-bond acceptors (Lipinski definition) is 4. The van der Waals surface area contributed by atoms with Crippen molar-refractivity contribution in [2.24, 2.45) is 5.73 Å². The molecule has 2 aromatic heterocycles. The Kier molecular flexibility index (Phi) is 2.90. The number of carbonyl (C=O) groups excluding carboxylic acids is 1. The van der Waals surface area contributed by atoms with E-state index in [0.717, 1.165) is 0 Å². The highest BCUT2D eigenvalue weighted by Gasteiger charge is 2.23. The van der Waals surface area contributed by atoms with Crippen LogP contribution in [0.25, 0.3) is 0 Å². The van der Waals surface area contributed by atoms with E-state index in [0.29, 0.717) is 17.1 Å². The van der Waals surface area contributed by atoms with E-state index in [1.165, 1.54) is 0 Å². The van der Waals surface area contributed by atoms with Crippen LogP contribution in [0.2, 0.25) is 0 Å². The van der Waals surface area contributed by atoms with E-state index >= 15 is 0 Å². The molecule has 0 aliphatic carbocycles. The molecular weight excluding hydrogens is 218 g/mol. The zero-order chi connectivity index (χ0) is 12.6. The summed E-state index contributed by atoms with van der Waals surface area (Å²) in [5.74, 6) is 1.65. The fraction of sp³-hybridized carbons (Fsp3) is 0.308. The molecule has 0 radical (unpaired) electrons. The number of furan rings is 2. The zero-order valence-electron chi connectivity index (χ0n) is 10.1. The Balaban J connectivity index is 2.43. The van der Waals surface area contributed by atoms with E-state index < -0.39 is 0 Å². The van der Waals surface area contributed by atoms with Crippen LogP contribution in [0.5, 0.6) is 0 Å². The van der Waals surface area contributed by atoms with Crippen molar-refractivity contribution in [1.29, 1.82) is 0 Å². The van der Waals surface area contributed by atoms with E-state index in [4.69, 9.17) is 14.6 Å². The number of carbonyl (C=O) groups is 1. The minimum atomic E-state index is -0.265. The lowest BCUT2D eigenvalue weighted by Crippen LogP contribution is -2.10. The molecule has 2 rings (SSSR count). The molecule has 1 atom stereocenters. The molecule has 17 heavy (non-hydrogen) atoms. The lowest BCUT2D eigenvalue weighted by atomic mass is 10.1. The first-order chi connectivity index (χ1) is 7.99. The first-order valence-electron chi connectivity index (χ1n) is 5.46. The summed E-state index contributed by atoms with van der Waals surface area (Å²) < 4.78 is 10.7. The normalized spacial score (nSPS) is 12.7. The van der Waals surface area contributed by atoms with Gasteiger partial charge < -0.3 is 14.6 Å². The topological polar surface area (TPSA) is 69.4 Å². The van der Waals surface area contributed by atoms with Crippen LogP contribution in [0.3, 0.4) is 0 Å². The summed E-state index contributed by atoms with van der Waals surface area (Å²) in [4.78, 5) is 12.2. The molecule has 0 aliphatic rings. The molecule has 0 saturated heterocycles. The number of rotatable bonds is 3. The lowest BCUT2D eigenvalue weighted by Gasteiger charge is -2.03. The Morgan fingerprint density at radius 1 is 1.24 bits per heavy atom. The third-order valence-electron chi connectivity index (χ3n) is 2.54. The molecule has 0 saturated carbocycles. The van der Waals surface area contributed by atoms with Gasteiger partial charge in [-0.25, -0.2) is 0 Å². The zero-order valence-corrected chi connectivity index (χ0v) is 10.1. The van der Waals surface area contributed by atoms with Gasteiger partial charge in [-0.1, -0.05) is 0 Å². The van der Waals surface area contributed by atoms with Crippen LogP contribution in [0, 0.1) is 13.8 Å². The molecule has 4 heteroatoms. The van der Waals surface area contributed by atoms with E-state index in [2.05, 4.69) is 0 Å². The van der Waals surface area contributed by atoms with Crippen LogP contribution in [0.1, 0.15) is 46.4 Å². The van der Waals surface area contributed by atoms with Gasteiger partial charge in [0.15, 0.2) is 11.5 Å². The van der Waals surface area contributed by atoms with Gasteiger partial charge >= 0.3 is 0 Å². The molecule has 0 aromatic carbocycles. The summed E-state index contributed by atoms with van der Waals surface area (Å²) in [6.07, 6.45) is 0. The van der Waals surface area contributed by atoms with Crippen LogP contribution in [0.4, 0.5) is 0 Å². The van der Waals surface area contributed by atoms with Gasteiger partial charge in [0, 0.05) is 11.6 Å². The monoisotopic (exact) mass is 233 g/mol. The molecule has 0 amide bonds.